The van der Waals surface area contributed by atoms with Gasteiger partial charge in [0.25, 0.3) is 5.91 Å². The molecule has 21 heavy (non-hydrogen) atoms. The molecule has 0 aliphatic rings. The van der Waals surface area contributed by atoms with E-state index >= 15 is 0 Å². The smallest absolute Gasteiger partial charge is 0.396 e. The average Bonchev–Trinajstić information content (AvgIpc) is 2.44. The van der Waals surface area contributed by atoms with E-state index in [1.54, 1.807) is 0 Å². The van der Waals surface area contributed by atoms with Crippen molar-refractivity contribution in [3.8, 4) is 0 Å². The van der Waals surface area contributed by atoms with Crippen LogP contribution in [0.1, 0.15) is 42.1 Å². The summed E-state index contributed by atoms with van der Waals surface area (Å²) in [5.74, 6) is -0.221. The lowest BCUT2D eigenvalue weighted by Gasteiger charge is -2.15. The number of nitrogens with one attached hydrogen (secondary N) is 1. The molecule has 1 rings (SSSR count). The second-order valence-electron chi connectivity index (χ2n) is 4.95. The van der Waals surface area contributed by atoms with E-state index in [1.807, 2.05) is 6.92 Å². The number of halogens is 3. The Morgan fingerprint density at radius 2 is 1.86 bits per heavy atom. The van der Waals surface area contributed by atoms with Crippen LogP contribution in [0.15, 0.2) is 24.3 Å². The van der Waals surface area contributed by atoms with Crippen molar-refractivity contribution in [3.63, 3.8) is 0 Å². The molecule has 0 radical (unpaired) electrons. The topological polar surface area (TPSA) is 49.3 Å². The molecule has 2 N–H and O–H groups in total. The fourth-order valence-corrected chi connectivity index (χ4v) is 2.09. The molecular weight excluding hydrogens is 283 g/mol. The van der Waals surface area contributed by atoms with Gasteiger partial charge in [-0.15, -0.1) is 0 Å². The Labute approximate surface area is 122 Å². The highest BCUT2D eigenvalue weighted by Crippen LogP contribution is 2.29. The van der Waals surface area contributed by atoms with Gasteiger partial charge in [0.1, 0.15) is 0 Å². The van der Waals surface area contributed by atoms with Crippen molar-refractivity contribution >= 4 is 5.91 Å². The maximum absolute atomic E-state index is 12.4. The average molecular weight is 303 g/mol. The minimum Gasteiger partial charge on any atom is -0.396 e. The van der Waals surface area contributed by atoms with Crippen LogP contribution in [0, 0.1) is 5.92 Å². The van der Waals surface area contributed by atoms with Crippen LogP contribution in [0.4, 0.5) is 13.2 Å². The van der Waals surface area contributed by atoms with Gasteiger partial charge in [-0.3, -0.25) is 4.79 Å². The van der Waals surface area contributed by atoms with Gasteiger partial charge >= 0.3 is 6.18 Å². The number of amides is 1. The number of benzene rings is 1. The maximum atomic E-state index is 12.4. The van der Waals surface area contributed by atoms with E-state index in [-0.39, 0.29) is 18.1 Å². The summed E-state index contributed by atoms with van der Waals surface area (Å²) in [5, 5.41) is 11.6. The first-order valence-corrected chi connectivity index (χ1v) is 6.94. The van der Waals surface area contributed by atoms with Gasteiger partial charge in [0.05, 0.1) is 5.56 Å². The minimum absolute atomic E-state index is 0.0564. The third-order valence-electron chi connectivity index (χ3n) is 3.26. The largest absolute Gasteiger partial charge is 0.416 e. The second-order valence-corrected chi connectivity index (χ2v) is 4.95. The Bertz CT molecular complexity index is 437. The molecule has 1 unspecified atom stereocenters. The van der Waals surface area contributed by atoms with Crippen LogP contribution in [0.5, 0.6) is 0 Å². The molecule has 0 saturated carbocycles. The van der Waals surface area contributed by atoms with Crippen LogP contribution in [0.25, 0.3) is 0 Å². The van der Waals surface area contributed by atoms with Crippen LogP contribution in [-0.4, -0.2) is 24.2 Å². The second kappa shape index (κ2) is 8.02. The first kappa shape index (κ1) is 17.5. The number of carbonyl (C=O) groups is 1. The molecule has 0 heterocycles. The van der Waals surface area contributed by atoms with Crippen LogP contribution in [0.3, 0.4) is 0 Å². The van der Waals surface area contributed by atoms with Crippen molar-refractivity contribution in [2.24, 2.45) is 5.92 Å². The molecular formula is C15H20F3NO2. The number of hydrogen-bond acceptors (Lipinski definition) is 2. The predicted octanol–water partition coefficient (Wildman–Crippen LogP) is 3.23. The zero-order valence-electron chi connectivity index (χ0n) is 11.9. The summed E-state index contributed by atoms with van der Waals surface area (Å²) in [6.45, 7) is 2.48. The van der Waals surface area contributed by atoms with Gasteiger partial charge in [0.2, 0.25) is 0 Å². The van der Waals surface area contributed by atoms with Crippen LogP contribution < -0.4 is 5.32 Å². The lowest BCUT2D eigenvalue weighted by atomic mass is 10.00. The highest BCUT2D eigenvalue weighted by Gasteiger charge is 2.30. The molecule has 118 valence electrons. The van der Waals surface area contributed by atoms with Gasteiger partial charge in [-0.1, -0.05) is 13.3 Å². The van der Waals surface area contributed by atoms with E-state index in [9.17, 15) is 18.0 Å². The number of aliphatic hydroxyl groups excluding tert-OH is 1. The van der Waals surface area contributed by atoms with Crippen molar-refractivity contribution in [3.05, 3.63) is 35.4 Å². The number of hydrogen-bond donors (Lipinski definition) is 2. The molecule has 0 fully saturated rings. The van der Waals surface area contributed by atoms with E-state index in [4.69, 9.17) is 5.11 Å². The Balaban J connectivity index is 2.59. The van der Waals surface area contributed by atoms with Crippen LogP contribution in [0.2, 0.25) is 0 Å². The van der Waals surface area contributed by atoms with Crippen LogP contribution >= 0.6 is 0 Å². The molecule has 0 aliphatic heterocycles. The molecule has 0 aromatic heterocycles. The molecule has 1 amide bonds. The van der Waals surface area contributed by atoms with Crippen molar-refractivity contribution < 1.29 is 23.1 Å². The predicted molar refractivity (Wildman–Crippen MR) is 73.9 cm³/mol. The third-order valence-corrected chi connectivity index (χ3v) is 3.26. The lowest BCUT2D eigenvalue weighted by Crippen LogP contribution is -2.29. The van der Waals surface area contributed by atoms with E-state index in [1.165, 1.54) is 12.1 Å². The fraction of sp³-hybridized carbons (Fsp3) is 0.533. The normalized spacial score (nSPS) is 13.0. The summed E-state index contributed by atoms with van der Waals surface area (Å²) in [7, 11) is 0. The standard InChI is InChI=1S/C15H20F3NO2/c1-2-3-11(8-9-20)10-19-14(21)12-4-6-13(7-5-12)15(16,17)18/h4-7,11,20H,2-3,8-10H2,1H3,(H,19,21). The maximum Gasteiger partial charge on any atom is 0.416 e. The monoisotopic (exact) mass is 303 g/mol. The van der Waals surface area contributed by atoms with Crippen molar-refractivity contribution in [2.75, 3.05) is 13.2 Å². The Kier molecular flexibility index (Phi) is 6.68. The molecule has 0 spiro atoms. The molecule has 0 bridgehead atoms. The summed E-state index contributed by atoms with van der Waals surface area (Å²) in [5.41, 5.74) is -0.578. The fourth-order valence-electron chi connectivity index (χ4n) is 2.09. The molecule has 0 saturated heterocycles. The molecule has 1 aromatic rings. The number of rotatable bonds is 7. The highest BCUT2D eigenvalue weighted by molar-refractivity contribution is 5.94. The summed E-state index contributed by atoms with van der Waals surface area (Å²) in [6, 6.07) is 4.12. The Morgan fingerprint density at radius 1 is 1.24 bits per heavy atom. The first-order chi connectivity index (χ1) is 9.88. The number of alkyl halides is 3. The minimum atomic E-state index is -4.40. The summed E-state index contributed by atoms with van der Waals surface area (Å²) < 4.78 is 37.3. The van der Waals surface area contributed by atoms with Gasteiger partial charge in [0, 0.05) is 18.7 Å². The van der Waals surface area contributed by atoms with E-state index in [0.717, 1.165) is 25.0 Å². The van der Waals surface area contributed by atoms with Gasteiger partial charge in [-0.2, -0.15) is 13.2 Å². The lowest BCUT2D eigenvalue weighted by molar-refractivity contribution is -0.137. The number of aliphatic hydroxyl groups is 1. The van der Waals surface area contributed by atoms with Crippen molar-refractivity contribution in [1.82, 2.24) is 5.32 Å². The Morgan fingerprint density at radius 3 is 2.33 bits per heavy atom. The number of carbonyl (C=O) groups excluding carboxylic acids is 1. The quantitative estimate of drug-likeness (QED) is 0.812. The molecule has 0 aliphatic carbocycles. The van der Waals surface area contributed by atoms with Gasteiger partial charge in [-0.25, -0.2) is 0 Å². The first-order valence-electron chi connectivity index (χ1n) is 6.94. The summed E-state index contributed by atoms with van der Waals surface area (Å²) >= 11 is 0. The zero-order chi connectivity index (χ0) is 15.9. The molecule has 3 nitrogen and oxygen atoms in total. The molecule has 1 atom stereocenters. The van der Waals surface area contributed by atoms with Crippen LogP contribution in [-0.2, 0) is 6.18 Å². The summed E-state index contributed by atoms with van der Waals surface area (Å²) in [4.78, 5) is 11.9. The van der Waals surface area contributed by atoms with E-state index < -0.39 is 17.6 Å². The zero-order valence-corrected chi connectivity index (χ0v) is 11.9. The van der Waals surface area contributed by atoms with Crippen molar-refractivity contribution in [2.45, 2.75) is 32.4 Å². The van der Waals surface area contributed by atoms with Gasteiger partial charge < -0.3 is 10.4 Å². The molecule has 6 heteroatoms. The summed E-state index contributed by atoms with van der Waals surface area (Å²) in [6.07, 6.45) is -1.97. The highest BCUT2D eigenvalue weighted by atomic mass is 19.4. The van der Waals surface area contributed by atoms with Gasteiger partial charge in [-0.05, 0) is 43.0 Å². The van der Waals surface area contributed by atoms with Gasteiger partial charge in [0.15, 0.2) is 0 Å². The third kappa shape index (κ3) is 5.75. The Hall–Kier alpha value is -1.56. The SMILES string of the molecule is CCCC(CCO)CNC(=O)c1ccc(C(F)(F)F)cc1. The van der Waals surface area contributed by atoms with E-state index in [2.05, 4.69) is 5.32 Å². The molecule has 1 aromatic carbocycles. The van der Waals surface area contributed by atoms with E-state index in [0.29, 0.717) is 13.0 Å². The van der Waals surface area contributed by atoms with Crippen molar-refractivity contribution in [1.29, 1.82) is 0 Å².